The van der Waals surface area contributed by atoms with Crippen LogP contribution in [0.4, 0.5) is 10.1 Å². The zero-order valence-corrected chi connectivity index (χ0v) is 9.95. The number of hydrazone groups is 1. The highest BCUT2D eigenvalue weighted by atomic mass is 19.1. The summed E-state index contributed by atoms with van der Waals surface area (Å²) in [6.45, 7) is 0. The van der Waals surface area contributed by atoms with Gasteiger partial charge in [-0.1, -0.05) is 6.07 Å². The molecule has 0 unspecified atom stereocenters. The van der Waals surface area contributed by atoms with Crippen LogP contribution in [0, 0.1) is 51.1 Å². The molecule has 0 aliphatic rings. The van der Waals surface area contributed by atoms with E-state index in [1.807, 2.05) is 0 Å². The summed E-state index contributed by atoms with van der Waals surface area (Å²) in [6, 6.07) is 11.4. The molecule has 0 saturated heterocycles. The summed E-state index contributed by atoms with van der Waals surface area (Å²) in [6.07, 6.45) is 1.00. The molecule has 1 aromatic rings. The number of allylic oxidation sites excluding steroid dienone is 1. The van der Waals surface area contributed by atoms with Gasteiger partial charge < -0.3 is 0 Å². The van der Waals surface area contributed by atoms with Crippen molar-refractivity contribution in [3.8, 4) is 24.3 Å². The van der Waals surface area contributed by atoms with Crippen LogP contribution in [-0.2, 0) is 0 Å². The fourth-order valence-corrected chi connectivity index (χ4v) is 1.16. The van der Waals surface area contributed by atoms with Crippen molar-refractivity contribution in [2.75, 3.05) is 5.01 Å². The molecule has 0 aliphatic heterocycles. The summed E-state index contributed by atoms with van der Waals surface area (Å²) in [4.78, 5) is 0. The van der Waals surface area contributed by atoms with Crippen molar-refractivity contribution in [2.24, 2.45) is 5.10 Å². The van der Waals surface area contributed by atoms with Crippen molar-refractivity contribution >= 4 is 11.4 Å². The second kappa shape index (κ2) is 6.91. The predicted octanol–water partition coefficient (Wildman–Crippen LogP) is 1.97. The van der Waals surface area contributed by atoms with Gasteiger partial charge in [-0.25, -0.2) is 9.40 Å². The van der Waals surface area contributed by atoms with Crippen LogP contribution in [0.1, 0.15) is 0 Å². The molecular formula is C13H5FN6. The fraction of sp³-hybridized carbons (Fsp3) is 0. The van der Waals surface area contributed by atoms with Crippen molar-refractivity contribution in [3.05, 3.63) is 41.9 Å². The number of hydrogen-bond donors (Lipinski definition) is 0. The molecule has 0 saturated carbocycles. The summed E-state index contributed by atoms with van der Waals surface area (Å²) in [5.74, 6) is -0.568. The Balaban J connectivity index is 3.38. The van der Waals surface area contributed by atoms with E-state index in [1.165, 1.54) is 30.3 Å². The Morgan fingerprint density at radius 1 is 1.10 bits per heavy atom. The molecule has 0 bridgehead atoms. The van der Waals surface area contributed by atoms with Gasteiger partial charge in [0.05, 0.1) is 11.9 Å². The molecule has 0 N–H and O–H groups in total. The molecule has 94 valence electrons. The highest BCUT2D eigenvalue weighted by Gasteiger charge is 2.08. The lowest BCUT2D eigenvalue weighted by Crippen LogP contribution is -2.12. The molecule has 0 fully saturated rings. The first-order chi connectivity index (χ1) is 9.64. The van der Waals surface area contributed by atoms with Crippen LogP contribution in [0.15, 0.2) is 41.1 Å². The minimum absolute atomic E-state index is 0.163. The van der Waals surface area contributed by atoms with Crippen molar-refractivity contribution in [1.82, 2.24) is 0 Å². The van der Waals surface area contributed by atoms with E-state index in [-0.39, 0.29) is 11.3 Å². The highest BCUT2D eigenvalue weighted by molar-refractivity contribution is 6.10. The van der Waals surface area contributed by atoms with Gasteiger partial charge in [-0.05, 0) is 18.2 Å². The van der Waals surface area contributed by atoms with Crippen LogP contribution < -0.4 is 5.01 Å². The van der Waals surface area contributed by atoms with Gasteiger partial charge in [0.2, 0.25) is 5.71 Å². The van der Waals surface area contributed by atoms with Crippen LogP contribution in [-0.4, -0.2) is 5.71 Å². The van der Waals surface area contributed by atoms with Crippen LogP contribution in [0.2, 0.25) is 0 Å². The number of nitriles is 4. The Hall–Kier alpha value is -3.68. The number of nitrogens with zero attached hydrogens (tertiary/aromatic N) is 6. The van der Waals surface area contributed by atoms with Gasteiger partial charge in [-0.2, -0.15) is 21.0 Å². The molecule has 0 spiro atoms. The van der Waals surface area contributed by atoms with Crippen LogP contribution in [0.3, 0.4) is 0 Å². The third-order valence-corrected chi connectivity index (χ3v) is 1.98. The molecule has 20 heavy (non-hydrogen) atoms. The SMILES string of the molecule is N#CC(C#N)=CN(N=C(C#N)C#N)c1cccc(F)c1. The van der Waals surface area contributed by atoms with Gasteiger partial charge >= 0.3 is 0 Å². The standard InChI is InChI=1S/C13H5FN6/c14-11-2-1-3-13(4-11)20(9-10(5-15)6-16)19-12(7-17)8-18/h1-4,9H. The summed E-state index contributed by atoms with van der Waals surface area (Å²) in [5, 5.41) is 39.3. The van der Waals surface area contributed by atoms with E-state index in [4.69, 9.17) is 21.0 Å². The van der Waals surface area contributed by atoms with E-state index in [0.717, 1.165) is 17.3 Å². The van der Waals surface area contributed by atoms with E-state index >= 15 is 0 Å². The Bertz CT molecular complexity index is 662. The van der Waals surface area contributed by atoms with E-state index in [1.54, 1.807) is 12.1 Å². The summed E-state index contributed by atoms with van der Waals surface area (Å²) in [5.41, 5.74) is -0.648. The molecule has 0 aliphatic carbocycles. The van der Waals surface area contributed by atoms with Gasteiger partial charge in [-0.15, -0.1) is 5.10 Å². The maximum atomic E-state index is 13.2. The highest BCUT2D eigenvalue weighted by Crippen LogP contribution is 2.17. The van der Waals surface area contributed by atoms with Crippen LogP contribution in [0.25, 0.3) is 0 Å². The minimum Gasteiger partial charge on any atom is -0.237 e. The topological polar surface area (TPSA) is 111 Å². The zero-order valence-electron chi connectivity index (χ0n) is 9.95. The molecule has 7 heteroatoms. The van der Waals surface area contributed by atoms with Crippen molar-refractivity contribution in [3.63, 3.8) is 0 Å². The lowest BCUT2D eigenvalue weighted by atomic mass is 10.3. The van der Waals surface area contributed by atoms with Gasteiger partial charge in [0.25, 0.3) is 0 Å². The summed E-state index contributed by atoms with van der Waals surface area (Å²) >= 11 is 0. The lowest BCUT2D eigenvalue weighted by molar-refractivity contribution is 0.627. The van der Waals surface area contributed by atoms with Gasteiger partial charge in [0, 0.05) is 0 Å². The molecule has 1 aromatic carbocycles. The van der Waals surface area contributed by atoms with E-state index in [2.05, 4.69) is 5.10 Å². The third kappa shape index (κ3) is 3.67. The van der Waals surface area contributed by atoms with E-state index in [0.29, 0.717) is 0 Å². The molecule has 0 aromatic heterocycles. The first kappa shape index (κ1) is 14.4. The van der Waals surface area contributed by atoms with E-state index in [9.17, 15) is 4.39 Å². The second-order valence-electron chi connectivity index (χ2n) is 3.26. The van der Waals surface area contributed by atoms with Crippen molar-refractivity contribution in [1.29, 1.82) is 21.0 Å². The van der Waals surface area contributed by atoms with Crippen LogP contribution >= 0.6 is 0 Å². The predicted molar refractivity (Wildman–Crippen MR) is 66.8 cm³/mol. The van der Waals surface area contributed by atoms with Gasteiger partial charge in [-0.3, -0.25) is 0 Å². The number of anilines is 1. The first-order valence-corrected chi connectivity index (χ1v) is 5.10. The molecular weight excluding hydrogens is 259 g/mol. The fourth-order valence-electron chi connectivity index (χ4n) is 1.16. The molecule has 0 amide bonds. The first-order valence-electron chi connectivity index (χ1n) is 5.10. The average Bonchev–Trinajstić information content (AvgIpc) is 2.48. The zero-order chi connectivity index (χ0) is 15.0. The molecule has 0 heterocycles. The van der Waals surface area contributed by atoms with Crippen molar-refractivity contribution in [2.45, 2.75) is 0 Å². The molecule has 1 rings (SSSR count). The Labute approximate surface area is 114 Å². The second-order valence-corrected chi connectivity index (χ2v) is 3.26. The number of benzene rings is 1. The summed E-state index contributed by atoms with van der Waals surface area (Å²) < 4.78 is 13.2. The Morgan fingerprint density at radius 3 is 2.25 bits per heavy atom. The van der Waals surface area contributed by atoms with Gasteiger partial charge in [0.15, 0.2) is 0 Å². The number of halogens is 1. The Kier molecular flexibility index (Phi) is 4.97. The molecule has 6 nitrogen and oxygen atoms in total. The molecule has 0 atom stereocenters. The average molecular weight is 264 g/mol. The third-order valence-electron chi connectivity index (χ3n) is 1.98. The summed E-state index contributed by atoms with van der Waals surface area (Å²) in [7, 11) is 0. The minimum atomic E-state index is -0.568. The van der Waals surface area contributed by atoms with E-state index < -0.39 is 11.5 Å². The van der Waals surface area contributed by atoms with Crippen LogP contribution in [0.5, 0.6) is 0 Å². The van der Waals surface area contributed by atoms with Crippen molar-refractivity contribution < 1.29 is 4.39 Å². The van der Waals surface area contributed by atoms with Gasteiger partial charge in [0.1, 0.15) is 35.7 Å². The maximum Gasteiger partial charge on any atom is 0.237 e. The lowest BCUT2D eigenvalue weighted by Gasteiger charge is -2.13. The number of rotatable bonds is 3. The Morgan fingerprint density at radius 2 is 1.75 bits per heavy atom. The monoisotopic (exact) mass is 264 g/mol. The number of hydrogen-bond acceptors (Lipinski definition) is 6. The molecule has 0 radical (unpaired) electrons. The smallest absolute Gasteiger partial charge is 0.237 e. The largest absolute Gasteiger partial charge is 0.237 e. The maximum absolute atomic E-state index is 13.2. The quantitative estimate of drug-likeness (QED) is 0.470. The normalized spacial score (nSPS) is 8.05.